The molecule has 0 unspecified atom stereocenters. The molecule has 3 aromatic rings. The number of aromatic amines is 1. The summed E-state index contributed by atoms with van der Waals surface area (Å²) in [6.07, 6.45) is 3.19. The van der Waals surface area contributed by atoms with Crippen molar-refractivity contribution in [3.8, 4) is 23.0 Å². The predicted octanol–water partition coefficient (Wildman–Crippen LogP) is 1.27. The number of rotatable bonds is 4. The lowest BCUT2D eigenvalue weighted by Crippen LogP contribution is -2.44. The molecule has 27 heavy (non-hydrogen) atoms. The number of hydrogen-bond donors (Lipinski definition) is 1. The van der Waals surface area contributed by atoms with E-state index in [9.17, 15) is 4.79 Å². The van der Waals surface area contributed by atoms with Crippen molar-refractivity contribution in [1.29, 1.82) is 0 Å². The van der Waals surface area contributed by atoms with E-state index in [0.29, 0.717) is 35.3 Å². The molecular weight excluding hydrogens is 350 g/mol. The minimum Gasteiger partial charge on any atom is -0.481 e. The quantitative estimate of drug-likeness (QED) is 0.737. The Morgan fingerprint density at radius 3 is 2.78 bits per heavy atom. The number of aromatic nitrogens is 6. The molecule has 0 saturated carbocycles. The van der Waals surface area contributed by atoms with E-state index in [0.717, 1.165) is 0 Å². The second-order valence-corrected chi connectivity index (χ2v) is 6.76. The summed E-state index contributed by atoms with van der Waals surface area (Å²) in [5, 5.41) is 15.0. The molecule has 0 aromatic carbocycles. The second kappa shape index (κ2) is 6.47. The molecule has 4 rings (SSSR count). The maximum atomic E-state index is 13.0. The van der Waals surface area contributed by atoms with Gasteiger partial charge >= 0.3 is 0 Å². The number of ether oxygens (including phenoxy) is 2. The lowest BCUT2D eigenvalue weighted by Gasteiger charge is -2.28. The maximum absolute atomic E-state index is 13.0. The minimum absolute atomic E-state index is 0.206. The monoisotopic (exact) mass is 369 g/mol. The van der Waals surface area contributed by atoms with Gasteiger partial charge in [-0.3, -0.25) is 4.79 Å². The van der Waals surface area contributed by atoms with E-state index in [-0.39, 0.29) is 12.6 Å². The van der Waals surface area contributed by atoms with E-state index in [2.05, 4.69) is 25.5 Å². The van der Waals surface area contributed by atoms with Gasteiger partial charge in [0.25, 0.3) is 5.91 Å². The van der Waals surface area contributed by atoms with Crippen LogP contribution >= 0.6 is 0 Å². The zero-order chi connectivity index (χ0) is 19.0. The van der Waals surface area contributed by atoms with Crippen molar-refractivity contribution < 1.29 is 14.3 Å². The number of pyridine rings is 1. The fourth-order valence-electron chi connectivity index (χ4n) is 2.92. The zero-order valence-electron chi connectivity index (χ0n) is 15.2. The summed E-state index contributed by atoms with van der Waals surface area (Å²) in [5.41, 5.74) is 1.76. The van der Waals surface area contributed by atoms with E-state index in [1.165, 1.54) is 0 Å². The summed E-state index contributed by atoms with van der Waals surface area (Å²) in [6.45, 7) is 4.64. The van der Waals surface area contributed by atoms with E-state index >= 15 is 0 Å². The van der Waals surface area contributed by atoms with Gasteiger partial charge < -0.3 is 14.4 Å². The number of carbonyl (C=O) groups is 1. The molecule has 0 atom stereocenters. The van der Waals surface area contributed by atoms with Crippen molar-refractivity contribution in [1.82, 2.24) is 35.1 Å². The summed E-state index contributed by atoms with van der Waals surface area (Å²) in [5.74, 6) is 0.281. The van der Waals surface area contributed by atoms with E-state index < -0.39 is 5.54 Å². The molecule has 0 spiro atoms. The van der Waals surface area contributed by atoms with Gasteiger partial charge in [0, 0.05) is 6.07 Å². The van der Waals surface area contributed by atoms with Gasteiger partial charge in [-0.2, -0.15) is 20.5 Å². The number of amides is 1. The molecule has 1 aliphatic rings. The van der Waals surface area contributed by atoms with Crippen LogP contribution in [0.5, 0.6) is 5.88 Å². The smallest absolute Gasteiger partial charge is 0.276 e. The highest BCUT2D eigenvalue weighted by molar-refractivity contribution is 5.94. The molecule has 1 amide bonds. The highest BCUT2D eigenvalue weighted by Crippen LogP contribution is 2.27. The molecule has 140 valence electrons. The van der Waals surface area contributed by atoms with Gasteiger partial charge in [-0.25, -0.2) is 9.67 Å². The molecular formula is C17H19N7O3. The zero-order valence-corrected chi connectivity index (χ0v) is 15.2. The van der Waals surface area contributed by atoms with Crippen molar-refractivity contribution in [3.05, 3.63) is 36.3 Å². The number of hydrogen-bond acceptors (Lipinski definition) is 7. The first-order chi connectivity index (χ1) is 13.0. The molecule has 1 aliphatic heterocycles. The van der Waals surface area contributed by atoms with Crippen molar-refractivity contribution in [3.63, 3.8) is 0 Å². The van der Waals surface area contributed by atoms with Crippen LogP contribution in [0.4, 0.5) is 0 Å². The fraction of sp³-hybridized carbons (Fsp3) is 0.353. The van der Waals surface area contributed by atoms with Crippen molar-refractivity contribution >= 4 is 5.91 Å². The van der Waals surface area contributed by atoms with Gasteiger partial charge in [0.2, 0.25) is 5.88 Å². The Bertz CT molecular complexity index is 948. The average molecular weight is 369 g/mol. The molecule has 10 heteroatoms. The average Bonchev–Trinajstić information content (AvgIpc) is 3.40. The van der Waals surface area contributed by atoms with Crippen LogP contribution in [0.2, 0.25) is 0 Å². The number of nitrogens with one attached hydrogen (secondary N) is 1. The number of nitrogens with zero attached hydrogens (tertiary/aromatic N) is 6. The molecule has 1 fully saturated rings. The van der Waals surface area contributed by atoms with Gasteiger partial charge in [0.1, 0.15) is 12.4 Å². The first kappa shape index (κ1) is 17.2. The van der Waals surface area contributed by atoms with Crippen LogP contribution in [0.15, 0.2) is 30.6 Å². The Balaban J connectivity index is 1.77. The van der Waals surface area contributed by atoms with Crippen LogP contribution in [0.1, 0.15) is 24.3 Å². The molecule has 1 saturated heterocycles. The number of methoxy groups -OCH3 is 1. The number of H-pyrrole nitrogens is 1. The summed E-state index contributed by atoms with van der Waals surface area (Å²) in [4.78, 5) is 18.9. The van der Waals surface area contributed by atoms with Crippen LogP contribution in [0.3, 0.4) is 0 Å². The SMILES string of the molecule is COc1ccc(-n2nc(C(=O)N3COCC3(C)C)cc2-c2cn[nH]n2)cn1. The highest BCUT2D eigenvalue weighted by Gasteiger charge is 2.38. The molecule has 10 nitrogen and oxygen atoms in total. The van der Waals surface area contributed by atoms with E-state index in [1.54, 1.807) is 47.3 Å². The lowest BCUT2D eigenvalue weighted by atomic mass is 10.1. The molecule has 3 aromatic heterocycles. The van der Waals surface area contributed by atoms with Gasteiger partial charge in [-0.1, -0.05) is 0 Å². The Hall–Kier alpha value is -3.27. The van der Waals surface area contributed by atoms with Crippen molar-refractivity contribution in [2.75, 3.05) is 20.4 Å². The number of carbonyl (C=O) groups excluding carboxylic acids is 1. The van der Waals surface area contributed by atoms with Gasteiger partial charge in [0.05, 0.1) is 43.0 Å². The van der Waals surface area contributed by atoms with Crippen molar-refractivity contribution in [2.24, 2.45) is 0 Å². The molecule has 1 N–H and O–H groups in total. The summed E-state index contributed by atoms with van der Waals surface area (Å²) in [7, 11) is 1.55. The third-order valence-corrected chi connectivity index (χ3v) is 4.43. The van der Waals surface area contributed by atoms with Gasteiger partial charge in [-0.05, 0) is 26.0 Å². The third-order valence-electron chi connectivity index (χ3n) is 4.43. The molecule has 4 heterocycles. The first-order valence-electron chi connectivity index (χ1n) is 8.36. The maximum Gasteiger partial charge on any atom is 0.276 e. The molecule has 0 aliphatic carbocycles. The standard InChI is InChI=1S/C17H19N7O3/c1-17(2)9-27-10-23(17)16(25)12-6-14(13-8-19-22-20-13)24(21-12)11-4-5-15(26-3)18-7-11/h4-8H,9-10H2,1-3H3,(H,19,20,22). The summed E-state index contributed by atoms with van der Waals surface area (Å²) < 4.78 is 12.2. The first-order valence-corrected chi connectivity index (χ1v) is 8.36. The third kappa shape index (κ3) is 3.04. The normalized spacial score (nSPS) is 15.9. The van der Waals surface area contributed by atoms with E-state index in [4.69, 9.17) is 9.47 Å². The van der Waals surface area contributed by atoms with E-state index in [1.807, 2.05) is 13.8 Å². The topological polar surface area (TPSA) is 111 Å². The van der Waals surface area contributed by atoms with Gasteiger partial charge in [0.15, 0.2) is 5.69 Å². The molecule has 0 radical (unpaired) electrons. The second-order valence-electron chi connectivity index (χ2n) is 6.76. The predicted molar refractivity (Wildman–Crippen MR) is 94.4 cm³/mol. The van der Waals surface area contributed by atoms with Crippen LogP contribution in [0, 0.1) is 0 Å². The minimum atomic E-state index is -0.392. The molecule has 0 bridgehead atoms. The highest BCUT2D eigenvalue weighted by atomic mass is 16.5. The largest absolute Gasteiger partial charge is 0.481 e. The van der Waals surface area contributed by atoms with Gasteiger partial charge in [-0.15, -0.1) is 0 Å². The van der Waals surface area contributed by atoms with Crippen LogP contribution in [0.25, 0.3) is 17.1 Å². The Kier molecular flexibility index (Phi) is 4.11. The van der Waals surface area contributed by atoms with Crippen molar-refractivity contribution in [2.45, 2.75) is 19.4 Å². The lowest BCUT2D eigenvalue weighted by molar-refractivity contribution is 0.0599. The Labute approximate surface area is 155 Å². The van der Waals surface area contributed by atoms with Crippen LogP contribution < -0.4 is 4.74 Å². The Morgan fingerprint density at radius 1 is 1.33 bits per heavy atom. The summed E-state index contributed by atoms with van der Waals surface area (Å²) in [6, 6.07) is 5.22. The Morgan fingerprint density at radius 2 is 2.19 bits per heavy atom. The van der Waals surface area contributed by atoms with Crippen LogP contribution in [-0.4, -0.2) is 67.0 Å². The van der Waals surface area contributed by atoms with Crippen LogP contribution in [-0.2, 0) is 4.74 Å². The fourth-order valence-corrected chi connectivity index (χ4v) is 2.92. The summed E-state index contributed by atoms with van der Waals surface area (Å²) >= 11 is 0.